The van der Waals surface area contributed by atoms with Crippen molar-refractivity contribution in [3.05, 3.63) is 75.0 Å². The molecule has 0 unspecified atom stereocenters. The van der Waals surface area contributed by atoms with Gasteiger partial charge in [-0.1, -0.05) is 35.9 Å². The van der Waals surface area contributed by atoms with Crippen LogP contribution in [0.4, 0.5) is 0 Å². The summed E-state index contributed by atoms with van der Waals surface area (Å²) in [6.45, 7) is 0.252. The monoisotopic (exact) mass is 441 g/mol. The number of halogens is 2. The molecule has 0 aliphatic rings. The summed E-state index contributed by atoms with van der Waals surface area (Å²) in [7, 11) is -3.56. The number of rotatable bonds is 5. The maximum absolute atomic E-state index is 12.4. The quantitative estimate of drug-likeness (QED) is 0.582. The van der Waals surface area contributed by atoms with Crippen LogP contribution in [0.5, 0.6) is 0 Å². The molecule has 0 aliphatic carbocycles. The molecule has 0 amide bonds. The maximum Gasteiger partial charge on any atom is 0.242 e. The first-order valence-corrected chi connectivity index (χ1v) is 10.5. The highest BCUT2D eigenvalue weighted by molar-refractivity contribution is 9.10. The summed E-state index contributed by atoms with van der Waals surface area (Å²) in [6, 6.07) is 18.2. The lowest BCUT2D eigenvalue weighted by molar-refractivity contribution is 0.581. The van der Waals surface area contributed by atoms with E-state index < -0.39 is 10.0 Å². The summed E-state index contributed by atoms with van der Waals surface area (Å²) in [6.07, 6.45) is 0. The van der Waals surface area contributed by atoms with Crippen LogP contribution in [0.25, 0.3) is 10.4 Å². The Kier molecular flexibility index (Phi) is 5.42. The third-order valence-corrected chi connectivity index (χ3v) is 7.15. The molecule has 0 bridgehead atoms. The standard InChI is InChI=1S/C17H13BrClNO2S2/c18-15-3-1-2-4-17(15)24(21,22)20-11-14-9-10-16(23-14)12-5-7-13(19)8-6-12/h1-10,20H,11H2. The Bertz CT molecular complexity index is 953. The summed E-state index contributed by atoms with van der Waals surface area (Å²) < 4.78 is 28.0. The van der Waals surface area contributed by atoms with Gasteiger partial charge in [-0.25, -0.2) is 13.1 Å². The summed E-state index contributed by atoms with van der Waals surface area (Å²) in [5.74, 6) is 0. The largest absolute Gasteiger partial charge is 0.242 e. The van der Waals surface area contributed by atoms with Crippen LogP contribution >= 0.6 is 38.9 Å². The number of nitrogens with one attached hydrogen (secondary N) is 1. The maximum atomic E-state index is 12.4. The van der Waals surface area contributed by atoms with Gasteiger partial charge in [0.05, 0.1) is 4.90 Å². The molecule has 1 aromatic heterocycles. The van der Waals surface area contributed by atoms with Crippen LogP contribution in [0, 0.1) is 0 Å². The van der Waals surface area contributed by atoms with Gasteiger partial charge in [-0.15, -0.1) is 11.3 Å². The molecule has 2 aromatic carbocycles. The van der Waals surface area contributed by atoms with Crippen molar-refractivity contribution in [1.29, 1.82) is 0 Å². The van der Waals surface area contributed by atoms with Gasteiger partial charge < -0.3 is 0 Å². The molecular formula is C17H13BrClNO2S2. The second-order valence-electron chi connectivity index (χ2n) is 5.03. The zero-order valence-corrected chi connectivity index (χ0v) is 16.3. The van der Waals surface area contributed by atoms with Crippen molar-refractivity contribution >= 4 is 48.9 Å². The molecule has 0 atom stereocenters. The van der Waals surface area contributed by atoms with Crippen molar-refractivity contribution < 1.29 is 8.42 Å². The average Bonchev–Trinajstić information content (AvgIpc) is 3.03. The third kappa shape index (κ3) is 4.07. The summed E-state index contributed by atoms with van der Waals surface area (Å²) >= 11 is 10.7. The van der Waals surface area contributed by atoms with Gasteiger partial charge in [0, 0.05) is 25.8 Å². The number of sulfonamides is 1. The zero-order valence-electron chi connectivity index (χ0n) is 12.4. The topological polar surface area (TPSA) is 46.2 Å². The molecule has 124 valence electrons. The minimum atomic E-state index is -3.56. The molecule has 0 spiro atoms. The van der Waals surface area contributed by atoms with E-state index in [1.807, 2.05) is 36.4 Å². The van der Waals surface area contributed by atoms with Gasteiger partial charge >= 0.3 is 0 Å². The molecule has 0 radical (unpaired) electrons. The summed E-state index contributed by atoms with van der Waals surface area (Å²) in [5, 5.41) is 0.691. The Balaban J connectivity index is 1.74. The molecule has 24 heavy (non-hydrogen) atoms. The highest BCUT2D eigenvalue weighted by Crippen LogP contribution is 2.29. The van der Waals surface area contributed by atoms with Gasteiger partial charge in [0.15, 0.2) is 0 Å². The summed E-state index contributed by atoms with van der Waals surface area (Å²) in [4.78, 5) is 2.25. The zero-order chi connectivity index (χ0) is 17.2. The molecule has 1 N–H and O–H groups in total. The van der Waals surface area contributed by atoms with E-state index in [0.717, 1.165) is 15.3 Å². The van der Waals surface area contributed by atoms with Crippen LogP contribution in [0.2, 0.25) is 5.02 Å². The van der Waals surface area contributed by atoms with Crippen molar-refractivity contribution in [2.75, 3.05) is 0 Å². The molecular weight excluding hydrogens is 430 g/mol. The van der Waals surface area contributed by atoms with Crippen LogP contribution in [0.1, 0.15) is 4.88 Å². The highest BCUT2D eigenvalue weighted by atomic mass is 79.9. The Hall–Kier alpha value is -1.18. The van der Waals surface area contributed by atoms with Crippen LogP contribution in [-0.4, -0.2) is 8.42 Å². The fraction of sp³-hybridized carbons (Fsp3) is 0.0588. The van der Waals surface area contributed by atoms with Gasteiger partial charge in [-0.3, -0.25) is 0 Å². The molecule has 3 nitrogen and oxygen atoms in total. The fourth-order valence-electron chi connectivity index (χ4n) is 2.15. The number of benzene rings is 2. The Labute approximate surface area is 158 Å². The lowest BCUT2D eigenvalue weighted by atomic mass is 10.2. The molecule has 1 heterocycles. The molecule has 0 aliphatic heterocycles. The minimum absolute atomic E-state index is 0.236. The normalized spacial score (nSPS) is 11.6. The number of thiophene rings is 1. The molecule has 3 aromatic rings. The minimum Gasteiger partial charge on any atom is -0.207 e. The van der Waals surface area contributed by atoms with E-state index in [1.165, 1.54) is 0 Å². The van der Waals surface area contributed by atoms with Crippen molar-refractivity contribution in [3.63, 3.8) is 0 Å². The Morgan fingerprint density at radius 3 is 2.42 bits per heavy atom. The summed E-state index contributed by atoms with van der Waals surface area (Å²) in [5.41, 5.74) is 1.06. The smallest absolute Gasteiger partial charge is 0.207 e. The number of hydrogen-bond acceptors (Lipinski definition) is 3. The SMILES string of the molecule is O=S(=O)(NCc1ccc(-c2ccc(Cl)cc2)s1)c1ccccc1Br. The van der Waals surface area contributed by atoms with E-state index in [4.69, 9.17) is 11.6 Å². The Morgan fingerprint density at radius 1 is 1.00 bits per heavy atom. The van der Waals surface area contributed by atoms with Crippen LogP contribution < -0.4 is 4.72 Å². The predicted molar refractivity (Wildman–Crippen MR) is 103 cm³/mol. The van der Waals surface area contributed by atoms with E-state index in [2.05, 4.69) is 20.7 Å². The van der Waals surface area contributed by atoms with Crippen LogP contribution in [0.3, 0.4) is 0 Å². The third-order valence-electron chi connectivity index (χ3n) is 3.35. The van der Waals surface area contributed by atoms with Crippen molar-refractivity contribution in [1.82, 2.24) is 4.72 Å². The van der Waals surface area contributed by atoms with E-state index >= 15 is 0 Å². The highest BCUT2D eigenvalue weighted by Gasteiger charge is 2.17. The lowest BCUT2D eigenvalue weighted by Gasteiger charge is -2.07. The second-order valence-corrected chi connectivity index (χ2v) is 9.22. The average molecular weight is 443 g/mol. The first-order chi connectivity index (χ1) is 11.5. The molecule has 7 heteroatoms. The van der Waals surface area contributed by atoms with Crippen molar-refractivity contribution in [2.45, 2.75) is 11.4 Å². The number of hydrogen-bond donors (Lipinski definition) is 1. The van der Waals surface area contributed by atoms with Crippen molar-refractivity contribution in [3.8, 4) is 10.4 Å². The van der Waals surface area contributed by atoms with E-state index in [9.17, 15) is 8.42 Å². The van der Waals surface area contributed by atoms with Gasteiger partial charge in [0.25, 0.3) is 0 Å². The van der Waals surface area contributed by atoms with Gasteiger partial charge in [-0.05, 0) is 57.9 Å². The first kappa shape index (κ1) is 17.6. The van der Waals surface area contributed by atoms with E-state index in [1.54, 1.807) is 35.6 Å². The molecule has 0 saturated carbocycles. The predicted octanol–water partition coefficient (Wildman–Crippen LogP) is 5.31. The Morgan fingerprint density at radius 2 is 1.71 bits per heavy atom. The molecule has 0 saturated heterocycles. The van der Waals surface area contributed by atoms with Crippen LogP contribution in [0.15, 0.2) is 70.0 Å². The van der Waals surface area contributed by atoms with Crippen LogP contribution in [-0.2, 0) is 16.6 Å². The van der Waals surface area contributed by atoms with Gasteiger partial charge in [0.1, 0.15) is 0 Å². The van der Waals surface area contributed by atoms with E-state index in [-0.39, 0.29) is 11.4 Å². The van der Waals surface area contributed by atoms with Gasteiger partial charge in [0.2, 0.25) is 10.0 Å². The van der Waals surface area contributed by atoms with Crippen molar-refractivity contribution in [2.24, 2.45) is 0 Å². The lowest BCUT2D eigenvalue weighted by Crippen LogP contribution is -2.23. The second kappa shape index (κ2) is 7.37. The molecule has 3 rings (SSSR count). The van der Waals surface area contributed by atoms with E-state index in [0.29, 0.717) is 9.50 Å². The molecule has 0 fully saturated rings. The first-order valence-electron chi connectivity index (χ1n) is 7.04. The fourth-order valence-corrected chi connectivity index (χ4v) is 5.33. The van der Waals surface area contributed by atoms with Gasteiger partial charge in [-0.2, -0.15) is 0 Å².